The van der Waals surface area contributed by atoms with E-state index in [2.05, 4.69) is 37.4 Å². The molecule has 88 valence electrons. The van der Waals surface area contributed by atoms with Crippen molar-refractivity contribution in [3.8, 4) is 0 Å². The van der Waals surface area contributed by atoms with Crippen LogP contribution < -0.4 is 5.32 Å². The normalized spacial score (nSPS) is 23.1. The lowest BCUT2D eigenvalue weighted by molar-refractivity contribution is 0.0921. The largest absolute Gasteiger partial charge is 0.388 e. The van der Waals surface area contributed by atoms with Gasteiger partial charge in [-0.05, 0) is 49.9 Å². The Bertz CT molecular complexity index is 356. The molecule has 1 saturated heterocycles. The molecule has 1 aromatic carbocycles. The monoisotopic (exact) mass is 219 g/mol. The second kappa shape index (κ2) is 4.98. The number of aliphatic hydroxyl groups excluding tert-OH is 1. The highest BCUT2D eigenvalue weighted by atomic mass is 16.3. The first kappa shape index (κ1) is 11.6. The number of nitrogens with one attached hydrogen (secondary N) is 1. The zero-order valence-corrected chi connectivity index (χ0v) is 10.2. The molecule has 2 nitrogen and oxygen atoms in total. The average Bonchev–Trinajstić information content (AvgIpc) is 2.33. The predicted octanol–water partition coefficient (Wildman–Crippen LogP) is 2.34. The maximum absolute atomic E-state index is 10.3. The number of benzene rings is 1. The summed E-state index contributed by atoms with van der Waals surface area (Å²) in [6, 6.07) is 6.28. The van der Waals surface area contributed by atoms with Crippen LogP contribution in [0.3, 0.4) is 0 Å². The van der Waals surface area contributed by atoms with Gasteiger partial charge in [0.05, 0.1) is 6.10 Å². The molecule has 0 aliphatic carbocycles. The van der Waals surface area contributed by atoms with Crippen molar-refractivity contribution < 1.29 is 5.11 Å². The molecule has 0 amide bonds. The smallest absolute Gasteiger partial charge is 0.0830 e. The molecule has 0 saturated carbocycles. The molecule has 0 bridgehead atoms. The van der Waals surface area contributed by atoms with E-state index < -0.39 is 0 Å². The van der Waals surface area contributed by atoms with E-state index in [4.69, 9.17) is 0 Å². The van der Waals surface area contributed by atoms with Gasteiger partial charge in [0.1, 0.15) is 0 Å². The standard InChI is InChI=1S/C14H21NO/c1-10-5-6-12(8-11(10)2)14(16)13-4-3-7-15-9-13/h5-6,8,13-16H,3-4,7,9H2,1-2H3. The van der Waals surface area contributed by atoms with E-state index in [1.165, 1.54) is 17.5 Å². The topological polar surface area (TPSA) is 32.3 Å². The second-order valence-corrected chi connectivity index (χ2v) is 4.89. The van der Waals surface area contributed by atoms with Gasteiger partial charge >= 0.3 is 0 Å². The molecule has 2 unspecified atom stereocenters. The Kier molecular flexibility index (Phi) is 3.62. The summed E-state index contributed by atoms with van der Waals surface area (Å²) in [5.74, 6) is 0.371. The van der Waals surface area contributed by atoms with Crippen molar-refractivity contribution in [1.29, 1.82) is 0 Å². The summed E-state index contributed by atoms with van der Waals surface area (Å²) in [7, 11) is 0. The van der Waals surface area contributed by atoms with Gasteiger partial charge in [0.2, 0.25) is 0 Å². The fraction of sp³-hybridized carbons (Fsp3) is 0.571. The fourth-order valence-electron chi connectivity index (χ4n) is 2.37. The van der Waals surface area contributed by atoms with Crippen LogP contribution in [-0.4, -0.2) is 18.2 Å². The fourth-order valence-corrected chi connectivity index (χ4v) is 2.37. The third-order valence-corrected chi connectivity index (χ3v) is 3.65. The van der Waals surface area contributed by atoms with Crippen molar-refractivity contribution in [1.82, 2.24) is 5.32 Å². The van der Waals surface area contributed by atoms with Gasteiger partial charge < -0.3 is 10.4 Å². The minimum atomic E-state index is -0.313. The maximum Gasteiger partial charge on any atom is 0.0830 e. The van der Waals surface area contributed by atoms with Crippen LogP contribution >= 0.6 is 0 Å². The van der Waals surface area contributed by atoms with Crippen molar-refractivity contribution in [2.24, 2.45) is 5.92 Å². The number of rotatable bonds is 2. The van der Waals surface area contributed by atoms with E-state index in [0.29, 0.717) is 5.92 Å². The van der Waals surface area contributed by atoms with Gasteiger partial charge in [0.15, 0.2) is 0 Å². The molecule has 1 aliphatic heterocycles. The summed E-state index contributed by atoms with van der Waals surface area (Å²) in [5, 5.41) is 13.7. The third kappa shape index (κ3) is 2.45. The Balaban J connectivity index is 2.12. The van der Waals surface area contributed by atoms with E-state index in [1.54, 1.807) is 0 Å². The quantitative estimate of drug-likeness (QED) is 0.800. The molecular formula is C14H21NO. The highest BCUT2D eigenvalue weighted by Gasteiger charge is 2.22. The van der Waals surface area contributed by atoms with Crippen molar-refractivity contribution in [3.05, 3.63) is 34.9 Å². The molecule has 2 N–H and O–H groups in total. The predicted molar refractivity (Wildman–Crippen MR) is 66.5 cm³/mol. The SMILES string of the molecule is Cc1ccc(C(O)C2CCCNC2)cc1C. The zero-order valence-electron chi connectivity index (χ0n) is 10.2. The lowest BCUT2D eigenvalue weighted by atomic mass is 9.88. The highest BCUT2D eigenvalue weighted by Crippen LogP contribution is 2.28. The van der Waals surface area contributed by atoms with Gasteiger partial charge in [-0.1, -0.05) is 18.2 Å². The summed E-state index contributed by atoms with van der Waals surface area (Å²) < 4.78 is 0. The van der Waals surface area contributed by atoms with Gasteiger partial charge in [0, 0.05) is 12.5 Å². The molecule has 0 spiro atoms. The number of piperidine rings is 1. The number of aryl methyl sites for hydroxylation is 2. The molecule has 1 fully saturated rings. The van der Waals surface area contributed by atoms with Crippen LogP contribution in [0, 0.1) is 19.8 Å². The molecule has 0 radical (unpaired) electrons. The molecule has 16 heavy (non-hydrogen) atoms. The number of hydrogen-bond donors (Lipinski definition) is 2. The van der Waals surface area contributed by atoms with Crippen molar-refractivity contribution >= 4 is 0 Å². The van der Waals surface area contributed by atoms with Crippen LogP contribution in [0.5, 0.6) is 0 Å². The van der Waals surface area contributed by atoms with Gasteiger partial charge in [-0.2, -0.15) is 0 Å². The minimum Gasteiger partial charge on any atom is -0.388 e. The summed E-state index contributed by atoms with van der Waals surface area (Å²) in [6.45, 7) is 6.24. The van der Waals surface area contributed by atoms with Crippen LogP contribution in [0.1, 0.15) is 35.6 Å². The van der Waals surface area contributed by atoms with Crippen molar-refractivity contribution in [2.45, 2.75) is 32.8 Å². The van der Waals surface area contributed by atoms with Crippen LogP contribution in [-0.2, 0) is 0 Å². The van der Waals surface area contributed by atoms with Crippen molar-refractivity contribution in [2.75, 3.05) is 13.1 Å². The van der Waals surface area contributed by atoms with E-state index in [9.17, 15) is 5.11 Å². The Morgan fingerprint density at radius 3 is 2.75 bits per heavy atom. The Morgan fingerprint density at radius 2 is 2.12 bits per heavy atom. The molecule has 1 aliphatic rings. The molecular weight excluding hydrogens is 198 g/mol. The van der Waals surface area contributed by atoms with E-state index in [-0.39, 0.29) is 6.10 Å². The van der Waals surface area contributed by atoms with Crippen LogP contribution in [0.25, 0.3) is 0 Å². The average molecular weight is 219 g/mol. The van der Waals surface area contributed by atoms with E-state index >= 15 is 0 Å². The lowest BCUT2D eigenvalue weighted by Crippen LogP contribution is -2.33. The minimum absolute atomic E-state index is 0.313. The maximum atomic E-state index is 10.3. The summed E-state index contributed by atoms with van der Waals surface area (Å²) in [5.41, 5.74) is 3.62. The Morgan fingerprint density at radius 1 is 1.31 bits per heavy atom. The second-order valence-electron chi connectivity index (χ2n) is 4.89. The Labute approximate surface area is 97.7 Å². The van der Waals surface area contributed by atoms with Gasteiger partial charge in [-0.25, -0.2) is 0 Å². The summed E-state index contributed by atoms with van der Waals surface area (Å²) in [6.07, 6.45) is 1.99. The highest BCUT2D eigenvalue weighted by molar-refractivity contribution is 5.31. The van der Waals surface area contributed by atoms with Crippen LogP contribution in [0.15, 0.2) is 18.2 Å². The van der Waals surface area contributed by atoms with Gasteiger partial charge in [0.25, 0.3) is 0 Å². The molecule has 2 rings (SSSR count). The zero-order chi connectivity index (χ0) is 11.5. The molecule has 1 aromatic rings. The summed E-state index contributed by atoms with van der Waals surface area (Å²) >= 11 is 0. The van der Waals surface area contributed by atoms with Gasteiger partial charge in [-0.15, -0.1) is 0 Å². The van der Waals surface area contributed by atoms with Crippen LogP contribution in [0.4, 0.5) is 0 Å². The summed E-state index contributed by atoms with van der Waals surface area (Å²) in [4.78, 5) is 0. The Hall–Kier alpha value is -0.860. The van der Waals surface area contributed by atoms with Crippen molar-refractivity contribution in [3.63, 3.8) is 0 Å². The number of aliphatic hydroxyl groups is 1. The van der Waals surface area contributed by atoms with E-state index in [0.717, 1.165) is 25.1 Å². The molecule has 2 atom stereocenters. The molecule has 0 aromatic heterocycles. The van der Waals surface area contributed by atoms with E-state index in [1.807, 2.05) is 0 Å². The first-order valence-electron chi connectivity index (χ1n) is 6.14. The first-order chi connectivity index (χ1) is 7.68. The molecule has 2 heteroatoms. The molecule has 1 heterocycles. The van der Waals surface area contributed by atoms with Crippen LogP contribution in [0.2, 0.25) is 0 Å². The van der Waals surface area contributed by atoms with Gasteiger partial charge in [-0.3, -0.25) is 0 Å². The lowest BCUT2D eigenvalue weighted by Gasteiger charge is -2.27. The third-order valence-electron chi connectivity index (χ3n) is 3.65. The first-order valence-corrected chi connectivity index (χ1v) is 6.14. The number of hydrogen-bond acceptors (Lipinski definition) is 2.